The zero-order valence-electron chi connectivity index (χ0n) is 5.81. The van der Waals surface area contributed by atoms with Crippen LogP contribution in [0.25, 0.3) is 0 Å². The minimum atomic E-state index is 0.0341. The Bertz CT molecular complexity index is 140. The highest BCUT2D eigenvalue weighted by atomic mass is 79.9. The molecule has 1 amide bonds. The Kier molecular flexibility index (Phi) is 3.54. The molecule has 0 aliphatic heterocycles. The van der Waals surface area contributed by atoms with E-state index in [-0.39, 0.29) is 5.91 Å². The third kappa shape index (κ3) is 2.65. The second kappa shape index (κ2) is 3.67. The number of hydrogen-bond donors (Lipinski definition) is 0. The second-order valence-electron chi connectivity index (χ2n) is 1.99. The lowest BCUT2D eigenvalue weighted by atomic mass is 10.3. The minimum Gasteiger partial charge on any atom is -0.345 e. The molecule has 9 heavy (non-hydrogen) atoms. The van der Waals surface area contributed by atoms with Crippen LogP contribution >= 0.6 is 15.9 Å². The van der Waals surface area contributed by atoms with Gasteiger partial charge in [-0.3, -0.25) is 4.79 Å². The molecule has 0 radical (unpaired) electrons. The number of carbonyl (C=O) groups is 1. The summed E-state index contributed by atoms with van der Waals surface area (Å²) in [5, 5.41) is 0. The third-order valence-corrected chi connectivity index (χ3v) is 1.59. The van der Waals surface area contributed by atoms with Gasteiger partial charge in [0.15, 0.2) is 0 Å². The number of carbonyl (C=O) groups excluding carboxylic acids is 1. The summed E-state index contributed by atoms with van der Waals surface area (Å²) in [5.41, 5.74) is 0.708. The van der Waals surface area contributed by atoms with Crippen LogP contribution in [-0.2, 0) is 4.79 Å². The quantitative estimate of drug-likeness (QED) is 0.574. The van der Waals surface area contributed by atoms with E-state index in [1.165, 1.54) is 4.90 Å². The summed E-state index contributed by atoms with van der Waals surface area (Å²) in [4.78, 5) is 14.1. The lowest BCUT2D eigenvalue weighted by Crippen LogP contribution is -2.21. The van der Waals surface area contributed by atoms with Gasteiger partial charge >= 0.3 is 0 Å². The summed E-state index contributed by atoms with van der Waals surface area (Å²) in [6.45, 7) is 1.76. The van der Waals surface area contributed by atoms with Gasteiger partial charge in [-0.15, -0.1) is 0 Å². The molecule has 0 atom stereocenters. The van der Waals surface area contributed by atoms with Crippen molar-refractivity contribution in [1.29, 1.82) is 0 Å². The van der Waals surface area contributed by atoms with Gasteiger partial charge in [-0.05, 0) is 11.9 Å². The van der Waals surface area contributed by atoms with Gasteiger partial charge in [-0.1, -0.05) is 15.9 Å². The van der Waals surface area contributed by atoms with Crippen LogP contribution in [-0.4, -0.2) is 24.9 Å². The molecule has 0 spiro atoms. The molecule has 0 aromatic heterocycles. The Morgan fingerprint density at radius 2 is 2.00 bits per heavy atom. The minimum absolute atomic E-state index is 0.0341. The molecule has 0 heterocycles. The van der Waals surface area contributed by atoms with Crippen molar-refractivity contribution in [2.45, 2.75) is 6.92 Å². The summed E-state index contributed by atoms with van der Waals surface area (Å²) in [5.74, 6) is 0.0341. The Morgan fingerprint density at radius 1 is 1.56 bits per heavy atom. The first-order valence-corrected chi connectivity index (χ1v) is 3.49. The van der Waals surface area contributed by atoms with Gasteiger partial charge in [-0.25, -0.2) is 0 Å². The fourth-order valence-corrected chi connectivity index (χ4v) is 0.595. The van der Waals surface area contributed by atoms with Crippen molar-refractivity contribution in [2.75, 3.05) is 14.1 Å². The number of halogens is 1. The zero-order chi connectivity index (χ0) is 7.44. The molecule has 0 aliphatic rings. The van der Waals surface area contributed by atoms with Crippen LogP contribution in [0.5, 0.6) is 0 Å². The number of hydrogen-bond acceptors (Lipinski definition) is 1. The predicted molar refractivity (Wildman–Crippen MR) is 41.4 cm³/mol. The highest BCUT2D eigenvalue weighted by Crippen LogP contribution is 1.99. The summed E-state index contributed by atoms with van der Waals surface area (Å²) in [6.07, 6.45) is 0. The Hall–Kier alpha value is -0.310. The highest BCUT2D eigenvalue weighted by molar-refractivity contribution is 9.11. The molecule has 0 aliphatic carbocycles. The Morgan fingerprint density at radius 3 is 2.11 bits per heavy atom. The molecule has 0 aromatic rings. The van der Waals surface area contributed by atoms with Crippen molar-refractivity contribution in [1.82, 2.24) is 4.90 Å². The predicted octanol–water partition coefficient (Wildman–Crippen LogP) is 1.37. The molecular weight excluding hydrogens is 182 g/mol. The van der Waals surface area contributed by atoms with Crippen molar-refractivity contribution in [3.8, 4) is 0 Å². The fraction of sp³-hybridized carbons (Fsp3) is 0.500. The first-order valence-electron chi connectivity index (χ1n) is 2.58. The summed E-state index contributed by atoms with van der Waals surface area (Å²) >= 11 is 3.07. The maximum atomic E-state index is 10.9. The lowest BCUT2D eigenvalue weighted by Gasteiger charge is -2.08. The van der Waals surface area contributed by atoms with E-state index < -0.39 is 0 Å². The van der Waals surface area contributed by atoms with Crippen molar-refractivity contribution < 1.29 is 4.79 Å². The van der Waals surface area contributed by atoms with Gasteiger partial charge in [0.05, 0.1) is 0 Å². The highest BCUT2D eigenvalue weighted by Gasteiger charge is 2.03. The molecule has 3 heteroatoms. The van der Waals surface area contributed by atoms with Gasteiger partial charge in [0.2, 0.25) is 5.91 Å². The van der Waals surface area contributed by atoms with E-state index >= 15 is 0 Å². The molecule has 0 saturated carbocycles. The number of likely N-dealkylation sites (N-methyl/N-ethyl adjacent to an activating group) is 1. The summed E-state index contributed by atoms with van der Waals surface area (Å²) in [6, 6.07) is 0. The van der Waals surface area contributed by atoms with Crippen LogP contribution in [0.3, 0.4) is 0 Å². The largest absolute Gasteiger partial charge is 0.345 e. The monoisotopic (exact) mass is 191 g/mol. The summed E-state index contributed by atoms with van der Waals surface area (Å²) < 4.78 is 0. The van der Waals surface area contributed by atoms with Crippen molar-refractivity contribution in [2.24, 2.45) is 0 Å². The Labute approximate surface area is 63.7 Å². The van der Waals surface area contributed by atoms with Crippen LogP contribution in [0.1, 0.15) is 6.92 Å². The van der Waals surface area contributed by atoms with Crippen molar-refractivity contribution in [3.05, 3.63) is 10.6 Å². The van der Waals surface area contributed by atoms with Gasteiger partial charge in [0.1, 0.15) is 0 Å². The molecule has 0 bridgehead atoms. The lowest BCUT2D eigenvalue weighted by molar-refractivity contribution is -0.124. The maximum Gasteiger partial charge on any atom is 0.249 e. The van der Waals surface area contributed by atoms with Crippen molar-refractivity contribution in [3.63, 3.8) is 0 Å². The van der Waals surface area contributed by atoms with Crippen LogP contribution in [0.4, 0.5) is 0 Å². The summed E-state index contributed by atoms with van der Waals surface area (Å²) in [7, 11) is 3.45. The number of rotatable bonds is 1. The number of amides is 1. The van der Waals surface area contributed by atoms with Gasteiger partial charge in [-0.2, -0.15) is 0 Å². The first kappa shape index (κ1) is 8.69. The molecule has 0 unspecified atom stereocenters. The van der Waals surface area contributed by atoms with E-state index in [0.717, 1.165) is 0 Å². The van der Waals surface area contributed by atoms with E-state index in [1.54, 1.807) is 26.0 Å². The first-order chi connectivity index (χ1) is 4.09. The second-order valence-corrected chi connectivity index (χ2v) is 2.45. The SMILES string of the molecule is C/C(=C\Br)C(=O)N(C)C. The molecule has 52 valence electrons. The van der Waals surface area contributed by atoms with E-state index in [2.05, 4.69) is 15.9 Å². The standard InChI is InChI=1S/C6H10BrNO/c1-5(4-7)6(9)8(2)3/h4H,1-3H3/b5-4+. The smallest absolute Gasteiger partial charge is 0.249 e. The number of nitrogens with zero attached hydrogens (tertiary/aromatic N) is 1. The fourth-order valence-electron chi connectivity index (χ4n) is 0.399. The van der Waals surface area contributed by atoms with Gasteiger partial charge < -0.3 is 4.90 Å². The topological polar surface area (TPSA) is 20.3 Å². The zero-order valence-corrected chi connectivity index (χ0v) is 7.40. The van der Waals surface area contributed by atoms with E-state index in [4.69, 9.17) is 0 Å². The third-order valence-electron chi connectivity index (χ3n) is 0.907. The van der Waals surface area contributed by atoms with E-state index in [0.29, 0.717) is 5.57 Å². The molecular formula is C6H10BrNO. The van der Waals surface area contributed by atoms with Gasteiger partial charge in [0, 0.05) is 19.7 Å². The van der Waals surface area contributed by atoms with Crippen LogP contribution in [0.15, 0.2) is 10.6 Å². The van der Waals surface area contributed by atoms with E-state index in [1.807, 2.05) is 0 Å². The molecule has 2 nitrogen and oxygen atoms in total. The Balaban J connectivity index is 4.06. The average Bonchev–Trinajstić information content (AvgIpc) is 1.84. The van der Waals surface area contributed by atoms with Gasteiger partial charge in [0.25, 0.3) is 0 Å². The van der Waals surface area contributed by atoms with Crippen LogP contribution in [0.2, 0.25) is 0 Å². The van der Waals surface area contributed by atoms with Crippen LogP contribution in [0, 0.1) is 0 Å². The normalized spacial score (nSPS) is 11.3. The van der Waals surface area contributed by atoms with Crippen LogP contribution < -0.4 is 0 Å². The maximum absolute atomic E-state index is 10.9. The molecule has 0 fully saturated rings. The molecule has 0 saturated heterocycles. The molecule has 0 N–H and O–H groups in total. The average molecular weight is 192 g/mol. The van der Waals surface area contributed by atoms with E-state index in [9.17, 15) is 4.79 Å². The molecule has 0 rings (SSSR count). The van der Waals surface area contributed by atoms with Crippen molar-refractivity contribution >= 4 is 21.8 Å². The molecule has 0 aromatic carbocycles.